The topological polar surface area (TPSA) is 65.5 Å². The molecule has 1 aromatic carbocycles. The zero-order chi connectivity index (χ0) is 16.2. The SMILES string of the molecule is CCCNC(=O)c1cccc(CN=C(NCC)NCCC)c1.I. The third-order valence-electron chi connectivity index (χ3n) is 3.03. The normalized spacial score (nSPS) is 10.7. The van der Waals surface area contributed by atoms with Crippen molar-refractivity contribution < 1.29 is 4.79 Å². The second kappa shape index (κ2) is 13.2. The number of carbonyl (C=O) groups is 1. The average Bonchev–Trinajstić information content (AvgIpc) is 2.55. The number of aliphatic imine (C=N–C) groups is 1. The van der Waals surface area contributed by atoms with Crippen molar-refractivity contribution in [3.63, 3.8) is 0 Å². The Morgan fingerprint density at radius 3 is 2.39 bits per heavy atom. The van der Waals surface area contributed by atoms with Crippen LogP contribution in [-0.4, -0.2) is 31.5 Å². The fourth-order valence-corrected chi connectivity index (χ4v) is 1.91. The van der Waals surface area contributed by atoms with E-state index in [0.29, 0.717) is 18.7 Å². The third-order valence-corrected chi connectivity index (χ3v) is 3.03. The zero-order valence-electron chi connectivity index (χ0n) is 14.3. The van der Waals surface area contributed by atoms with Gasteiger partial charge in [-0.25, -0.2) is 4.99 Å². The number of carbonyl (C=O) groups excluding carboxylic acids is 1. The lowest BCUT2D eigenvalue weighted by Gasteiger charge is -2.10. The molecule has 0 spiro atoms. The Labute approximate surface area is 156 Å². The van der Waals surface area contributed by atoms with Crippen LogP contribution < -0.4 is 16.0 Å². The summed E-state index contributed by atoms with van der Waals surface area (Å²) in [5.74, 6) is 0.786. The van der Waals surface area contributed by atoms with E-state index in [-0.39, 0.29) is 29.9 Å². The maximum absolute atomic E-state index is 12.0. The van der Waals surface area contributed by atoms with Crippen LogP contribution in [0.3, 0.4) is 0 Å². The number of guanidine groups is 1. The van der Waals surface area contributed by atoms with E-state index >= 15 is 0 Å². The van der Waals surface area contributed by atoms with Crippen LogP contribution in [-0.2, 0) is 6.54 Å². The third kappa shape index (κ3) is 8.78. The molecule has 0 aromatic heterocycles. The Balaban J connectivity index is 0.00000484. The maximum Gasteiger partial charge on any atom is 0.251 e. The maximum atomic E-state index is 12.0. The summed E-state index contributed by atoms with van der Waals surface area (Å²) in [4.78, 5) is 16.5. The predicted octanol–water partition coefficient (Wildman–Crippen LogP) is 2.91. The highest BCUT2D eigenvalue weighted by Crippen LogP contribution is 2.06. The first-order valence-electron chi connectivity index (χ1n) is 8.10. The molecule has 1 rings (SSSR count). The van der Waals surface area contributed by atoms with E-state index in [0.717, 1.165) is 37.5 Å². The van der Waals surface area contributed by atoms with Crippen LogP contribution in [0.4, 0.5) is 0 Å². The van der Waals surface area contributed by atoms with Crippen molar-refractivity contribution in [3.05, 3.63) is 35.4 Å². The molecule has 1 amide bonds. The number of nitrogens with zero attached hydrogens (tertiary/aromatic N) is 1. The Kier molecular flexibility index (Phi) is 12.4. The van der Waals surface area contributed by atoms with Crippen molar-refractivity contribution in [2.24, 2.45) is 4.99 Å². The van der Waals surface area contributed by atoms with Gasteiger partial charge in [0, 0.05) is 25.2 Å². The van der Waals surface area contributed by atoms with E-state index in [1.807, 2.05) is 38.1 Å². The molecule has 6 heteroatoms. The lowest BCUT2D eigenvalue weighted by molar-refractivity contribution is 0.0953. The van der Waals surface area contributed by atoms with Gasteiger partial charge in [-0.05, 0) is 37.5 Å². The summed E-state index contributed by atoms with van der Waals surface area (Å²) in [6.45, 7) is 9.18. The highest BCUT2D eigenvalue weighted by atomic mass is 127. The highest BCUT2D eigenvalue weighted by Gasteiger charge is 2.05. The predicted molar refractivity (Wildman–Crippen MR) is 108 cm³/mol. The van der Waals surface area contributed by atoms with Gasteiger partial charge in [0.05, 0.1) is 6.54 Å². The molecule has 1 aromatic rings. The monoisotopic (exact) mass is 432 g/mol. The molecule has 0 heterocycles. The van der Waals surface area contributed by atoms with Gasteiger partial charge in [0.1, 0.15) is 0 Å². The molecule has 0 atom stereocenters. The van der Waals surface area contributed by atoms with Crippen molar-refractivity contribution in [2.45, 2.75) is 40.2 Å². The van der Waals surface area contributed by atoms with Gasteiger partial charge in [-0.1, -0.05) is 26.0 Å². The van der Waals surface area contributed by atoms with E-state index < -0.39 is 0 Å². The van der Waals surface area contributed by atoms with Crippen molar-refractivity contribution >= 4 is 35.8 Å². The van der Waals surface area contributed by atoms with Gasteiger partial charge >= 0.3 is 0 Å². The molecule has 0 fully saturated rings. The van der Waals surface area contributed by atoms with Crippen molar-refractivity contribution in [2.75, 3.05) is 19.6 Å². The molecule has 5 nitrogen and oxygen atoms in total. The minimum Gasteiger partial charge on any atom is -0.357 e. The second-order valence-corrected chi connectivity index (χ2v) is 5.08. The Hall–Kier alpha value is -1.31. The lowest BCUT2D eigenvalue weighted by Crippen LogP contribution is -2.37. The Morgan fingerprint density at radius 2 is 1.74 bits per heavy atom. The number of halogens is 1. The minimum absolute atomic E-state index is 0. The standard InChI is InChI=1S/C17H28N4O.HI/c1-4-10-19-16(22)15-9-7-8-14(12-15)13-21-17(18-6-3)20-11-5-2;/h7-9,12H,4-6,10-11,13H2,1-3H3,(H,19,22)(H2,18,20,21);1H. The van der Waals surface area contributed by atoms with Crippen LogP contribution >= 0.6 is 24.0 Å². The Bertz CT molecular complexity index is 491. The number of amides is 1. The molecule has 0 saturated heterocycles. The number of hydrogen-bond donors (Lipinski definition) is 3. The fraction of sp³-hybridized carbons (Fsp3) is 0.529. The molecule has 0 aliphatic rings. The molecular weight excluding hydrogens is 403 g/mol. The number of nitrogens with one attached hydrogen (secondary N) is 3. The van der Waals surface area contributed by atoms with Gasteiger partial charge in [-0.3, -0.25) is 4.79 Å². The Morgan fingerprint density at radius 1 is 1.04 bits per heavy atom. The zero-order valence-corrected chi connectivity index (χ0v) is 16.6. The van der Waals surface area contributed by atoms with Gasteiger partial charge in [-0.2, -0.15) is 0 Å². The molecule has 130 valence electrons. The van der Waals surface area contributed by atoms with Crippen molar-refractivity contribution in [1.29, 1.82) is 0 Å². The summed E-state index contributed by atoms with van der Waals surface area (Å²) >= 11 is 0. The first kappa shape index (κ1) is 21.7. The quantitative estimate of drug-likeness (QED) is 0.336. The van der Waals surface area contributed by atoms with Crippen LogP contribution in [0.1, 0.15) is 49.5 Å². The highest BCUT2D eigenvalue weighted by molar-refractivity contribution is 14.0. The van der Waals surface area contributed by atoms with Crippen LogP contribution in [0.15, 0.2) is 29.3 Å². The fourth-order valence-electron chi connectivity index (χ4n) is 1.91. The smallest absolute Gasteiger partial charge is 0.251 e. The van der Waals surface area contributed by atoms with E-state index in [1.165, 1.54) is 0 Å². The summed E-state index contributed by atoms with van der Waals surface area (Å²) in [5.41, 5.74) is 1.71. The van der Waals surface area contributed by atoms with Crippen LogP contribution in [0.2, 0.25) is 0 Å². The average molecular weight is 432 g/mol. The summed E-state index contributed by atoms with van der Waals surface area (Å²) < 4.78 is 0. The van der Waals surface area contributed by atoms with E-state index in [9.17, 15) is 4.79 Å². The van der Waals surface area contributed by atoms with E-state index in [1.54, 1.807) is 0 Å². The lowest BCUT2D eigenvalue weighted by atomic mass is 10.1. The van der Waals surface area contributed by atoms with E-state index in [2.05, 4.69) is 27.9 Å². The van der Waals surface area contributed by atoms with Gasteiger partial charge in [0.25, 0.3) is 5.91 Å². The molecule has 0 radical (unpaired) electrons. The molecule has 23 heavy (non-hydrogen) atoms. The van der Waals surface area contributed by atoms with Gasteiger partial charge in [0.2, 0.25) is 0 Å². The summed E-state index contributed by atoms with van der Waals surface area (Å²) in [6.07, 6.45) is 1.99. The van der Waals surface area contributed by atoms with E-state index in [4.69, 9.17) is 0 Å². The summed E-state index contributed by atoms with van der Waals surface area (Å²) in [5, 5.41) is 9.37. The van der Waals surface area contributed by atoms with Crippen molar-refractivity contribution in [3.8, 4) is 0 Å². The molecule has 0 bridgehead atoms. The molecule has 3 N–H and O–H groups in total. The van der Waals surface area contributed by atoms with Gasteiger partial charge < -0.3 is 16.0 Å². The first-order valence-corrected chi connectivity index (χ1v) is 8.10. The molecule has 0 saturated carbocycles. The van der Waals surface area contributed by atoms with Gasteiger partial charge in [-0.15, -0.1) is 24.0 Å². The number of rotatable bonds is 8. The minimum atomic E-state index is -0.0244. The number of benzene rings is 1. The summed E-state index contributed by atoms with van der Waals surface area (Å²) in [6, 6.07) is 7.62. The largest absolute Gasteiger partial charge is 0.357 e. The molecule has 0 aliphatic heterocycles. The first-order chi connectivity index (χ1) is 10.7. The van der Waals surface area contributed by atoms with Crippen LogP contribution in [0.5, 0.6) is 0 Å². The molecule has 0 unspecified atom stereocenters. The van der Waals surface area contributed by atoms with Gasteiger partial charge in [0.15, 0.2) is 5.96 Å². The summed E-state index contributed by atoms with van der Waals surface area (Å²) in [7, 11) is 0. The number of hydrogen-bond acceptors (Lipinski definition) is 2. The van der Waals surface area contributed by atoms with Crippen molar-refractivity contribution in [1.82, 2.24) is 16.0 Å². The van der Waals surface area contributed by atoms with Crippen LogP contribution in [0, 0.1) is 0 Å². The molecule has 0 aliphatic carbocycles. The second-order valence-electron chi connectivity index (χ2n) is 5.08. The van der Waals surface area contributed by atoms with Crippen LogP contribution in [0.25, 0.3) is 0 Å². The molecular formula is C17H29IN4O.